The molecule has 0 atom stereocenters. The Kier molecular flexibility index (Phi) is 5.54. The van der Waals surface area contributed by atoms with E-state index in [2.05, 4.69) is 25.0 Å². The van der Waals surface area contributed by atoms with Gasteiger partial charge in [0, 0.05) is 11.4 Å². The summed E-state index contributed by atoms with van der Waals surface area (Å²) < 4.78 is 43.9. The average molecular weight is 419 g/mol. The van der Waals surface area contributed by atoms with Gasteiger partial charge in [0.2, 0.25) is 5.96 Å². The molecule has 2 heterocycles. The van der Waals surface area contributed by atoms with Crippen molar-refractivity contribution >= 4 is 29.5 Å². The minimum Gasteiger partial charge on any atom is -0.466 e. The van der Waals surface area contributed by atoms with E-state index in [9.17, 15) is 22.8 Å². The Bertz CT molecular complexity index is 1060. The van der Waals surface area contributed by atoms with Crippen molar-refractivity contribution in [3.05, 3.63) is 59.1 Å². The number of aliphatic imine (C=N–C) groups is 1. The van der Waals surface area contributed by atoms with Crippen LogP contribution in [0.3, 0.4) is 0 Å². The van der Waals surface area contributed by atoms with Crippen LogP contribution in [0.4, 0.5) is 24.8 Å². The molecule has 3 rings (SSSR count). The van der Waals surface area contributed by atoms with Crippen LogP contribution in [0, 0.1) is 13.8 Å². The summed E-state index contributed by atoms with van der Waals surface area (Å²) in [6.45, 7) is 3.44. The molecule has 1 amide bonds. The molecule has 1 N–H and O–H groups in total. The van der Waals surface area contributed by atoms with Gasteiger partial charge in [0.1, 0.15) is 5.70 Å². The molecule has 1 aromatic carbocycles. The molecule has 1 aromatic heterocycles. The number of hydrogen-bond acceptors (Lipinski definition) is 6. The van der Waals surface area contributed by atoms with E-state index < -0.39 is 23.6 Å². The number of methoxy groups -OCH3 is 1. The van der Waals surface area contributed by atoms with Crippen molar-refractivity contribution in [2.75, 3.05) is 12.0 Å². The van der Waals surface area contributed by atoms with Crippen molar-refractivity contribution in [1.82, 2.24) is 15.3 Å². The number of hydrogen-bond donors (Lipinski definition) is 1. The van der Waals surface area contributed by atoms with Crippen LogP contribution in [0.25, 0.3) is 0 Å². The van der Waals surface area contributed by atoms with E-state index in [1.54, 1.807) is 19.9 Å². The van der Waals surface area contributed by atoms with Gasteiger partial charge < -0.3 is 10.1 Å². The van der Waals surface area contributed by atoms with Crippen molar-refractivity contribution < 1.29 is 27.5 Å². The highest BCUT2D eigenvalue weighted by atomic mass is 19.4. The van der Waals surface area contributed by atoms with Crippen molar-refractivity contribution in [1.29, 1.82) is 0 Å². The normalized spacial score (nSPS) is 16.9. The van der Waals surface area contributed by atoms with Crippen LogP contribution in [-0.4, -0.2) is 34.9 Å². The van der Waals surface area contributed by atoms with Crippen LogP contribution in [0.15, 0.2) is 47.1 Å². The third kappa shape index (κ3) is 4.45. The first-order valence-corrected chi connectivity index (χ1v) is 8.58. The Hall–Kier alpha value is -3.76. The minimum absolute atomic E-state index is 0.000839. The van der Waals surface area contributed by atoms with Gasteiger partial charge in [-0.3, -0.25) is 4.79 Å². The highest BCUT2D eigenvalue weighted by molar-refractivity contribution is 6.29. The number of carbonyl (C=O) groups excluding carboxylic acids is 2. The van der Waals surface area contributed by atoms with E-state index in [0.717, 1.165) is 30.2 Å². The molecule has 30 heavy (non-hydrogen) atoms. The van der Waals surface area contributed by atoms with Crippen LogP contribution >= 0.6 is 0 Å². The Morgan fingerprint density at radius 2 is 1.87 bits per heavy atom. The Balaban J connectivity index is 2.13. The lowest BCUT2D eigenvalue weighted by molar-refractivity contribution is -0.137. The van der Waals surface area contributed by atoms with Crippen LogP contribution in [-0.2, 0) is 20.5 Å². The number of amides is 1. The number of benzene rings is 1. The number of rotatable bonds is 3. The maximum absolute atomic E-state index is 13.1. The fraction of sp³-hybridized carbons (Fsp3) is 0.211. The summed E-state index contributed by atoms with van der Waals surface area (Å²) in [5.74, 6) is -1.76. The van der Waals surface area contributed by atoms with E-state index in [4.69, 9.17) is 0 Å². The molecule has 1 aliphatic rings. The number of nitrogens with one attached hydrogen (secondary N) is 1. The first kappa shape index (κ1) is 21.0. The lowest BCUT2D eigenvalue weighted by atomic mass is 10.2. The van der Waals surface area contributed by atoms with Gasteiger partial charge in [-0.15, -0.1) is 0 Å². The van der Waals surface area contributed by atoms with E-state index in [1.807, 2.05) is 0 Å². The molecular formula is C19H16F3N5O3. The van der Waals surface area contributed by atoms with Crippen LogP contribution in [0.5, 0.6) is 0 Å². The third-order valence-corrected chi connectivity index (χ3v) is 3.96. The van der Waals surface area contributed by atoms with Gasteiger partial charge in [-0.1, -0.05) is 6.07 Å². The molecule has 0 bridgehead atoms. The summed E-state index contributed by atoms with van der Waals surface area (Å²) in [5, 5.41) is 2.63. The monoisotopic (exact) mass is 419 g/mol. The molecule has 0 saturated carbocycles. The second kappa shape index (κ2) is 7.93. The molecule has 0 radical (unpaired) electrons. The second-order valence-corrected chi connectivity index (χ2v) is 6.28. The quantitative estimate of drug-likeness (QED) is 0.607. The summed E-state index contributed by atoms with van der Waals surface area (Å²) in [6, 6.07) is 5.88. The van der Waals surface area contributed by atoms with Gasteiger partial charge >= 0.3 is 12.1 Å². The van der Waals surface area contributed by atoms with E-state index in [1.165, 1.54) is 12.1 Å². The molecule has 2 aromatic rings. The SMILES string of the molecule is COC(=O)/C=C1\NC(=Nc2nc(C)cc(C)n2)N(c2cccc(C(F)(F)F)c2)C1=O. The first-order chi connectivity index (χ1) is 14.1. The summed E-state index contributed by atoms with van der Waals surface area (Å²) in [5.41, 5.74) is -0.0365. The zero-order chi connectivity index (χ0) is 22.1. The third-order valence-electron chi connectivity index (χ3n) is 3.96. The molecule has 0 spiro atoms. The highest BCUT2D eigenvalue weighted by Gasteiger charge is 2.36. The summed E-state index contributed by atoms with van der Waals surface area (Å²) in [7, 11) is 1.13. The molecule has 0 aliphatic carbocycles. The highest BCUT2D eigenvalue weighted by Crippen LogP contribution is 2.33. The minimum atomic E-state index is -4.61. The fourth-order valence-electron chi connectivity index (χ4n) is 2.71. The Labute approximate surface area is 169 Å². The zero-order valence-electron chi connectivity index (χ0n) is 16.1. The van der Waals surface area contributed by atoms with Crippen molar-refractivity contribution in [3.8, 4) is 0 Å². The molecule has 156 valence electrons. The van der Waals surface area contributed by atoms with Gasteiger partial charge in [0.05, 0.1) is 24.4 Å². The van der Waals surface area contributed by atoms with E-state index in [-0.39, 0.29) is 23.3 Å². The number of anilines is 1. The predicted octanol–water partition coefficient (Wildman–Crippen LogP) is 2.79. The lowest BCUT2D eigenvalue weighted by Crippen LogP contribution is -2.32. The average Bonchev–Trinajstić information content (AvgIpc) is 2.95. The summed E-state index contributed by atoms with van der Waals surface area (Å²) in [4.78, 5) is 37.8. The number of nitrogens with zero attached hydrogens (tertiary/aromatic N) is 4. The summed E-state index contributed by atoms with van der Waals surface area (Å²) in [6.07, 6.45) is -3.72. The number of aryl methyl sites for hydroxylation is 2. The van der Waals surface area contributed by atoms with Gasteiger partial charge in [-0.25, -0.2) is 19.7 Å². The Morgan fingerprint density at radius 3 is 2.47 bits per heavy atom. The molecular weight excluding hydrogens is 403 g/mol. The number of esters is 1. The predicted molar refractivity (Wildman–Crippen MR) is 101 cm³/mol. The topological polar surface area (TPSA) is 96.8 Å². The van der Waals surface area contributed by atoms with Gasteiger partial charge in [0.25, 0.3) is 11.9 Å². The van der Waals surface area contributed by atoms with E-state index >= 15 is 0 Å². The largest absolute Gasteiger partial charge is 0.466 e. The molecule has 11 heteroatoms. The summed E-state index contributed by atoms with van der Waals surface area (Å²) >= 11 is 0. The van der Waals surface area contributed by atoms with Gasteiger partial charge in [0.15, 0.2) is 0 Å². The van der Waals surface area contributed by atoms with Gasteiger partial charge in [-0.05, 0) is 38.1 Å². The molecule has 8 nitrogen and oxygen atoms in total. The lowest BCUT2D eigenvalue weighted by Gasteiger charge is -2.17. The number of carbonyl (C=O) groups is 2. The van der Waals surface area contributed by atoms with E-state index in [0.29, 0.717) is 11.4 Å². The van der Waals surface area contributed by atoms with Gasteiger partial charge in [-0.2, -0.15) is 18.2 Å². The van der Waals surface area contributed by atoms with Crippen molar-refractivity contribution in [2.45, 2.75) is 20.0 Å². The molecule has 1 aliphatic heterocycles. The fourth-order valence-corrected chi connectivity index (χ4v) is 2.71. The Morgan fingerprint density at radius 1 is 1.20 bits per heavy atom. The smallest absolute Gasteiger partial charge is 0.416 e. The van der Waals surface area contributed by atoms with Crippen LogP contribution in [0.2, 0.25) is 0 Å². The van der Waals surface area contributed by atoms with Crippen molar-refractivity contribution in [3.63, 3.8) is 0 Å². The maximum Gasteiger partial charge on any atom is 0.416 e. The maximum atomic E-state index is 13.1. The van der Waals surface area contributed by atoms with Crippen molar-refractivity contribution in [2.24, 2.45) is 4.99 Å². The zero-order valence-corrected chi connectivity index (χ0v) is 16.1. The second-order valence-electron chi connectivity index (χ2n) is 6.28. The number of alkyl halides is 3. The standard InChI is InChI=1S/C19H16F3N5O3/c1-10-7-11(2)24-17(23-10)26-18-25-14(9-15(28)30-3)16(29)27(18)13-6-4-5-12(8-13)19(20,21)22/h4-9H,1-3H3,(H,23,24,25,26)/b14-9-. The molecule has 1 fully saturated rings. The van der Waals surface area contributed by atoms with Crippen LogP contribution in [0.1, 0.15) is 17.0 Å². The molecule has 1 saturated heterocycles. The van der Waals surface area contributed by atoms with Crippen LogP contribution < -0.4 is 10.2 Å². The molecule has 0 unspecified atom stereocenters. The number of aromatic nitrogens is 2. The number of ether oxygens (including phenoxy) is 1. The number of guanidine groups is 1. The number of halogens is 3. The first-order valence-electron chi connectivity index (χ1n) is 8.58.